The number of aryl methyl sites for hydroxylation is 2. The minimum absolute atomic E-state index is 0.0123. The minimum Gasteiger partial charge on any atom is -0.334 e. The van der Waals surface area contributed by atoms with Crippen molar-refractivity contribution in [3.63, 3.8) is 0 Å². The van der Waals surface area contributed by atoms with Crippen molar-refractivity contribution >= 4 is 32.6 Å². The Kier molecular flexibility index (Phi) is 5.70. The molecular weight excluding hydrogens is 372 g/mol. The van der Waals surface area contributed by atoms with E-state index in [0.717, 1.165) is 55.3 Å². The van der Waals surface area contributed by atoms with Gasteiger partial charge in [-0.2, -0.15) is 0 Å². The van der Waals surface area contributed by atoms with E-state index < -0.39 is 0 Å². The van der Waals surface area contributed by atoms with Crippen LogP contribution < -0.4 is 5.32 Å². The molecule has 4 rings (SSSR count). The van der Waals surface area contributed by atoms with Crippen molar-refractivity contribution in [2.75, 3.05) is 44.6 Å². The number of anilines is 1. The second-order valence-corrected chi connectivity index (χ2v) is 8.35. The maximum atomic E-state index is 12.4. The Hall–Kier alpha value is -2.29. The van der Waals surface area contributed by atoms with Crippen LogP contribution in [0.5, 0.6) is 0 Å². The highest BCUT2D eigenvalue weighted by molar-refractivity contribution is 7.22. The fourth-order valence-corrected chi connectivity index (χ4v) is 4.49. The number of amides is 1. The van der Waals surface area contributed by atoms with Gasteiger partial charge in [0, 0.05) is 51.7 Å². The Morgan fingerprint density at radius 2 is 1.93 bits per heavy atom. The molecule has 1 saturated heterocycles. The van der Waals surface area contributed by atoms with E-state index in [-0.39, 0.29) is 5.91 Å². The van der Waals surface area contributed by atoms with Gasteiger partial charge in [0.05, 0.1) is 16.8 Å². The topological polar surface area (TPSA) is 66.3 Å². The SMILES string of the molecule is Cc1ccc2nc(NC(=O)CN3CCN(CCn4ccnc4C)CC3)sc2c1. The van der Waals surface area contributed by atoms with Gasteiger partial charge >= 0.3 is 0 Å². The fourth-order valence-electron chi connectivity index (χ4n) is 3.51. The van der Waals surface area contributed by atoms with Gasteiger partial charge < -0.3 is 9.88 Å². The molecule has 1 fully saturated rings. The molecule has 1 aliphatic rings. The van der Waals surface area contributed by atoms with Gasteiger partial charge in [0.2, 0.25) is 5.91 Å². The summed E-state index contributed by atoms with van der Waals surface area (Å²) >= 11 is 1.53. The number of hydrogen-bond acceptors (Lipinski definition) is 6. The summed E-state index contributed by atoms with van der Waals surface area (Å²) in [6.07, 6.45) is 3.87. The summed E-state index contributed by atoms with van der Waals surface area (Å²) in [5.74, 6) is 1.07. The zero-order chi connectivity index (χ0) is 19.5. The Morgan fingerprint density at radius 1 is 1.14 bits per heavy atom. The van der Waals surface area contributed by atoms with Gasteiger partial charge in [-0.15, -0.1) is 0 Å². The lowest BCUT2D eigenvalue weighted by Crippen LogP contribution is -2.49. The van der Waals surface area contributed by atoms with E-state index in [0.29, 0.717) is 11.7 Å². The molecule has 8 heteroatoms. The molecule has 3 heterocycles. The van der Waals surface area contributed by atoms with Crippen molar-refractivity contribution in [2.45, 2.75) is 20.4 Å². The maximum absolute atomic E-state index is 12.4. The number of benzene rings is 1. The lowest BCUT2D eigenvalue weighted by Gasteiger charge is -2.34. The number of fused-ring (bicyclic) bond motifs is 1. The normalized spacial score (nSPS) is 15.9. The Bertz CT molecular complexity index is 957. The van der Waals surface area contributed by atoms with Crippen LogP contribution in [0.3, 0.4) is 0 Å². The first-order chi connectivity index (χ1) is 13.6. The summed E-state index contributed by atoms with van der Waals surface area (Å²) in [5.41, 5.74) is 2.14. The van der Waals surface area contributed by atoms with Gasteiger partial charge in [0.15, 0.2) is 5.13 Å². The summed E-state index contributed by atoms with van der Waals surface area (Å²) < 4.78 is 3.29. The van der Waals surface area contributed by atoms with Gasteiger partial charge in [-0.25, -0.2) is 9.97 Å². The molecule has 1 amide bonds. The van der Waals surface area contributed by atoms with Crippen LogP contribution in [-0.4, -0.2) is 69.5 Å². The third-order valence-corrected chi connectivity index (χ3v) is 6.14. The number of nitrogens with one attached hydrogen (secondary N) is 1. The first-order valence-electron chi connectivity index (χ1n) is 9.66. The van der Waals surface area contributed by atoms with E-state index >= 15 is 0 Å². The molecule has 0 atom stereocenters. The van der Waals surface area contributed by atoms with Crippen molar-refractivity contribution in [3.05, 3.63) is 42.0 Å². The van der Waals surface area contributed by atoms with Gasteiger partial charge in [-0.1, -0.05) is 17.4 Å². The fraction of sp³-hybridized carbons (Fsp3) is 0.450. The molecule has 0 aliphatic carbocycles. The van der Waals surface area contributed by atoms with Crippen LogP contribution in [0, 0.1) is 13.8 Å². The smallest absolute Gasteiger partial charge is 0.240 e. The molecule has 0 radical (unpaired) electrons. The van der Waals surface area contributed by atoms with Gasteiger partial charge in [-0.3, -0.25) is 14.6 Å². The van der Waals surface area contributed by atoms with Crippen LogP contribution in [0.25, 0.3) is 10.2 Å². The third-order valence-electron chi connectivity index (χ3n) is 5.20. The van der Waals surface area contributed by atoms with Crippen LogP contribution in [0.2, 0.25) is 0 Å². The molecule has 0 bridgehead atoms. The summed E-state index contributed by atoms with van der Waals surface area (Å²) in [5, 5.41) is 3.64. The molecule has 7 nitrogen and oxygen atoms in total. The Labute approximate surface area is 169 Å². The lowest BCUT2D eigenvalue weighted by molar-refractivity contribution is -0.117. The minimum atomic E-state index is 0.0123. The molecular formula is C20H26N6OS. The predicted octanol–water partition coefficient (Wildman–Crippen LogP) is 2.37. The molecule has 148 valence electrons. The van der Waals surface area contributed by atoms with Crippen LogP contribution >= 0.6 is 11.3 Å². The standard InChI is InChI=1S/C20H26N6OS/c1-15-3-4-17-18(13-15)28-20(22-17)23-19(27)14-25-9-7-24(8-10-25)11-12-26-6-5-21-16(26)2/h3-6,13H,7-12,14H2,1-2H3,(H,22,23,27). The number of thiazole rings is 1. The first-order valence-corrected chi connectivity index (χ1v) is 10.5. The number of nitrogens with zero attached hydrogens (tertiary/aromatic N) is 5. The van der Waals surface area contributed by atoms with Crippen molar-refractivity contribution in [3.8, 4) is 0 Å². The van der Waals surface area contributed by atoms with Crippen LogP contribution in [0.1, 0.15) is 11.4 Å². The zero-order valence-corrected chi connectivity index (χ0v) is 17.2. The van der Waals surface area contributed by atoms with E-state index in [4.69, 9.17) is 0 Å². The molecule has 3 aromatic rings. The lowest BCUT2D eigenvalue weighted by atomic mass is 10.2. The molecule has 0 unspecified atom stereocenters. The first kappa shape index (κ1) is 19.0. The largest absolute Gasteiger partial charge is 0.334 e. The van der Waals surface area contributed by atoms with Crippen LogP contribution in [-0.2, 0) is 11.3 Å². The maximum Gasteiger partial charge on any atom is 0.240 e. The van der Waals surface area contributed by atoms with E-state index in [1.54, 1.807) is 0 Å². The highest BCUT2D eigenvalue weighted by Crippen LogP contribution is 2.26. The highest BCUT2D eigenvalue weighted by atomic mass is 32.1. The van der Waals surface area contributed by atoms with E-state index in [2.05, 4.69) is 42.6 Å². The number of carbonyl (C=O) groups is 1. The molecule has 0 spiro atoms. The predicted molar refractivity (Wildman–Crippen MR) is 113 cm³/mol. The monoisotopic (exact) mass is 398 g/mol. The molecule has 1 aliphatic heterocycles. The summed E-state index contributed by atoms with van der Waals surface area (Å²) in [6, 6.07) is 6.15. The number of aromatic nitrogens is 3. The quantitative estimate of drug-likeness (QED) is 0.691. The number of piperazine rings is 1. The zero-order valence-electron chi connectivity index (χ0n) is 16.4. The molecule has 1 N–H and O–H groups in total. The van der Waals surface area contributed by atoms with Crippen LogP contribution in [0.4, 0.5) is 5.13 Å². The number of rotatable bonds is 6. The average molecular weight is 399 g/mol. The number of carbonyl (C=O) groups excluding carboxylic acids is 1. The van der Waals surface area contributed by atoms with Crippen molar-refractivity contribution < 1.29 is 4.79 Å². The number of imidazole rings is 1. The van der Waals surface area contributed by atoms with E-state index in [1.807, 2.05) is 31.5 Å². The van der Waals surface area contributed by atoms with Crippen molar-refractivity contribution in [1.82, 2.24) is 24.3 Å². The van der Waals surface area contributed by atoms with Crippen LogP contribution in [0.15, 0.2) is 30.6 Å². The van der Waals surface area contributed by atoms with Crippen molar-refractivity contribution in [1.29, 1.82) is 0 Å². The summed E-state index contributed by atoms with van der Waals surface area (Å²) in [4.78, 5) is 25.8. The molecule has 28 heavy (non-hydrogen) atoms. The summed E-state index contributed by atoms with van der Waals surface area (Å²) in [6.45, 7) is 10.3. The van der Waals surface area contributed by atoms with E-state index in [9.17, 15) is 4.79 Å². The second kappa shape index (κ2) is 8.38. The van der Waals surface area contributed by atoms with E-state index in [1.165, 1.54) is 16.9 Å². The Morgan fingerprint density at radius 3 is 2.68 bits per heavy atom. The highest BCUT2D eigenvalue weighted by Gasteiger charge is 2.19. The van der Waals surface area contributed by atoms with Crippen molar-refractivity contribution in [2.24, 2.45) is 0 Å². The average Bonchev–Trinajstić information content (AvgIpc) is 3.26. The third kappa shape index (κ3) is 4.57. The van der Waals surface area contributed by atoms with Gasteiger partial charge in [0.25, 0.3) is 0 Å². The summed E-state index contributed by atoms with van der Waals surface area (Å²) in [7, 11) is 0. The molecule has 2 aromatic heterocycles. The molecule has 1 aromatic carbocycles. The molecule has 0 saturated carbocycles. The second-order valence-electron chi connectivity index (χ2n) is 7.32. The number of hydrogen-bond donors (Lipinski definition) is 1. The van der Waals surface area contributed by atoms with Gasteiger partial charge in [-0.05, 0) is 31.5 Å². The van der Waals surface area contributed by atoms with Gasteiger partial charge in [0.1, 0.15) is 5.82 Å². The Balaban J connectivity index is 1.22.